The van der Waals surface area contributed by atoms with Gasteiger partial charge >= 0.3 is 0 Å². The first-order chi connectivity index (χ1) is 11.6. The molecule has 1 heterocycles. The van der Waals surface area contributed by atoms with Gasteiger partial charge in [-0.3, -0.25) is 4.79 Å². The highest BCUT2D eigenvalue weighted by Gasteiger charge is 2.14. The summed E-state index contributed by atoms with van der Waals surface area (Å²) >= 11 is 0. The lowest BCUT2D eigenvalue weighted by Gasteiger charge is -2.32. The summed E-state index contributed by atoms with van der Waals surface area (Å²) in [6, 6.07) is 5.45. The number of hydrazone groups is 1. The minimum absolute atomic E-state index is 0.0781. The smallest absolute Gasteiger partial charge is 0.241 e. The maximum absolute atomic E-state index is 11.9. The number of benzene rings is 1. The fourth-order valence-corrected chi connectivity index (χ4v) is 2.50. The molecule has 1 N–H and O–H groups in total. The van der Waals surface area contributed by atoms with E-state index in [1.807, 2.05) is 6.07 Å². The van der Waals surface area contributed by atoms with Gasteiger partial charge in [-0.2, -0.15) is 5.10 Å². The van der Waals surface area contributed by atoms with E-state index < -0.39 is 0 Å². The van der Waals surface area contributed by atoms with Crippen molar-refractivity contribution in [3.05, 3.63) is 23.8 Å². The van der Waals surface area contributed by atoms with Gasteiger partial charge in [-0.25, -0.2) is 5.43 Å². The molecule has 1 aliphatic rings. The van der Waals surface area contributed by atoms with Gasteiger partial charge in [-0.05, 0) is 30.8 Å². The van der Waals surface area contributed by atoms with Crippen LogP contribution in [0.4, 0.5) is 0 Å². The Kier molecular flexibility index (Phi) is 7.02. The quantitative estimate of drug-likeness (QED) is 0.590. The Balaban J connectivity index is 1.75. The highest BCUT2D eigenvalue weighted by molar-refractivity contribution is 5.83. The zero-order chi connectivity index (χ0) is 17.4. The van der Waals surface area contributed by atoms with Crippen LogP contribution in [-0.2, 0) is 4.79 Å². The number of hydrogen-bond acceptors (Lipinski definition) is 6. The molecule has 7 heteroatoms. The van der Waals surface area contributed by atoms with Crippen LogP contribution in [0.25, 0.3) is 0 Å². The summed E-state index contributed by atoms with van der Waals surface area (Å²) in [5.41, 5.74) is 3.39. The molecule has 0 unspecified atom stereocenters. The maximum atomic E-state index is 11.9. The number of piperazine rings is 1. The van der Waals surface area contributed by atoms with Gasteiger partial charge in [0, 0.05) is 39.1 Å². The molecule has 1 aromatic rings. The number of rotatable bonds is 7. The molecule has 7 nitrogen and oxygen atoms in total. The van der Waals surface area contributed by atoms with Crippen LogP contribution < -0.4 is 14.9 Å². The Morgan fingerprint density at radius 2 is 1.92 bits per heavy atom. The molecule has 2 rings (SSSR count). The molecule has 132 valence electrons. The Morgan fingerprint density at radius 3 is 2.58 bits per heavy atom. The molecule has 1 aromatic carbocycles. The number of carbonyl (C=O) groups excluding carboxylic acids is 1. The normalized spacial score (nSPS) is 16.3. The van der Waals surface area contributed by atoms with E-state index in [1.54, 1.807) is 32.6 Å². The van der Waals surface area contributed by atoms with Crippen molar-refractivity contribution in [2.24, 2.45) is 5.10 Å². The van der Waals surface area contributed by atoms with Gasteiger partial charge in [-0.1, -0.05) is 0 Å². The molecule has 0 atom stereocenters. The third-order valence-electron chi connectivity index (χ3n) is 4.06. The van der Waals surface area contributed by atoms with Crippen molar-refractivity contribution in [3.8, 4) is 11.5 Å². The van der Waals surface area contributed by atoms with Gasteiger partial charge < -0.3 is 19.3 Å². The second-order valence-electron chi connectivity index (χ2n) is 5.80. The maximum Gasteiger partial charge on any atom is 0.241 e. The monoisotopic (exact) mass is 334 g/mol. The van der Waals surface area contributed by atoms with E-state index in [0.29, 0.717) is 17.9 Å². The van der Waals surface area contributed by atoms with Crippen LogP contribution in [0.1, 0.15) is 12.0 Å². The summed E-state index contributed by atoms with van der Waals surface area (Å²) in [6.45, 7) is 4.90. The second kappa shape index (κ2) is 9.24. The molecule has 0 aromatic heterocycles. The Hall–Kier alpha value is -2.12. The minimum Gasteiger partial charge on any atom is -0.493 e. The molecule has 1 fully saturated rings. The second-order valence-corrected chi connectivity index (χ2v) is 5.80. The van der Waals surface area contributed by atoms with Crippen molar-refractivity contribution >= 4 is 12.1 Å². The van der Waals surface area contributed by atoms with E-state index in [-0.39, 0.29) is 5.91 Å². The van der Waals surface area contributed by atoms with Crippen LogP contribution in [0, 0.1) is 0 Å². The van der Waals surface area contributed by atoms with Crippen molar-refractivity contribution in [1.29, 1.82) is 0 Å². The molecule has 0 saturated carbocycles. The Labute approximate surface area is 143 Å². The van der Waals surface area contributed by atoms with Crippen LogP contribution >= 0.6 is 0 Å². The highest BCUT2D eigenvalue weighted by atomic mass is 16.5. The first-order valence-electron chi connectivity index (χ1n) is 8.07. The summed E-state index contributed by atoms with van der Waals surface area (Å²) in [6.07, 6.45) is 2.04. The average Bonchev–Trinajstić information content (AvgIpc) is 2.61. The van der Waals surface area contributed by atoms with Crippen molar-refractivity contribution in [1.82, 2.24) is 15.2 Å². The molecule has 24 heavy (non-hydrogen) atoms. The number of amides is 1. The number of nitrogens with zero attached hydrogens (tertiary/aromatic N) is 3. The van der Waals surface area contributed by atoms with Gasteiger partial charge in [0.05, 0.1) is 20.4 Å². The molecule has 0 aliphatic carbocycles. The molecular weight excluding hydrogens is 308 g/mol. The average molecular weight is 334 g/mol. The summed E-state index contributed by atoms with van der Waals surface area (Å²) in [5, 5.41) is 4.00. The molecule has 0 radical (unpaired) electrons. The van der Waals surface area contributed by atoms with E-state index in [0.717, 1.165) is 38.3 Å². The number of nitrogens with one attached hydrogen (secondary N) is 1. The van der Waals surface area contributed by atoms with Crippen molar-refractivity contribution in [2.45, 2.75) is 6.42 Å². The van der Waals surface area contributed by atoms with E-state index >= 15 is 0 Å². The van der Waals surface area contributed by atoms with Crippen molar-refractivity contribution < 1.29 is 14.3 Å². The van der Waals surface area contributed by atoms with Crippen LogP contribution in [0.2, 0.25) is 0 Å². The molecule has 1 amide bonds. The Morgan fingerprint density at radius 1 is 1.21 bits per heavy atom. The van der Waals surface area contributed by atoms with Crippen molar-refractivity contribution in [2.75, 3.05) is 54.0 Å². The highest BCUT2D eigenvalue weighted by Crippen LogP contribution is 2.26. The topological polar surface area (TPSA) is 66.4 Å². The molecule has 1 saturated heterocycles. The van der Waals surface area contributed by atoms with E-state index in [4.69, 9.17) is 9.47 Å². The van der Waals surface area contributed by atoms with Crippen LogP contribution in [-0.4, -0.2) is 75.9 Å². The van der Waals surface area contributed by atoms with Crippen molar-refractivity contribution in [3.63, 3.8) is 0 Å². The van der Waals surface area contributed by atoms with Crippen LogP contribution in [0.5, 0.6) is 11.5 Å². The van der Waals surface area contributed by atoms with E-state index in [2.05, 4.69) is 27.4 Å². The zero-order valence-corrected chi connectivity index (χ0v) is 14.6. The zero-order valence-electron chi connectivity index (χ0n) is 14.6. The van der Waals surface area contributed by atoms with Gasteiger partial charge in [-0.15, -0.1) is 0 Å². The fourth-order valence-electron chi connectivity index (χ4n) is 2.50. The first-order valence-corrected chi connectivity index (χ1v) is 8.07. The van der Waals surface area contributed by atoms with E-state index in [9.17, 15) is 4.79 Å². The standard InChI is InChI=1S/C17H26N4O3/c1-20-8-10-21(11-9-20)7-6-17(22)19-18-13-14-4-5-15(23-2)16(12-14)24-3/h4-5,12-13H,6-11H2,1-3H3,(H,19,22). The van der Waals surface area contributed by atoms with Gasteiger partial charge in [0.25, 0.3) is 0 Å². The first kappa shape index (κ1) is 18.2. The largest absolute Gasteiger partial charge is 0.493 e. The Bertz CT molecular complexity index is 569. The molecule has 0 spiro atoms. The van der Waals surface area contributed by atoms with E-state index in [1.165, 1.54) is 0 Å². The molecular formula is C17H26N4O3. The number of hydrogen-bond donors (Lipinski definition) is 1. The van der Waals surface area contributed by atoms with Crippen LogP contribution in [0.15, 0.2) is 23.3 Å². The molecule has 0 bridgehead atoms. The van der Waals surface area contributed by atoms with Crippen LogP contribution in [0.3, 0.4) is 0 Å². The van der Waals surface area contributed by atoms with Gasteiger partial charge in [0.15, 0.2) is 11.5 Å². The SMILES string of the molecule is COc1ccc(C=NNC(=O)CCN2CCN(C)CC2)cc1OC. The van der Waals surface area contributed by atoms with Gasteiger partial charge in [0.1, 0.15) is 0 Å². The summed E-state index contributed by atoms with van der Waals surface area (Å²) in [5.74, 6) is 1.21. The lowest BCUT2D eigenvalue weighted by Crippen LogP contribution is -2.45. The number of likely N-dealkylation sites (N-methyl/N-ethyl adjacent to an activating group) is 1. The number of carbonyl (C=O) groups is 1. The number of ether oxygens (including phenoxy) is 2. The lowest BCUT2D eigenvalue weighted by molar-refractivity contribution is -0.121. The predicted molar refractivity (Wildman–Crippen MR) is 93.8 cm³/mol. The van der Waals surface area contributed by atoms with Gasteiger partial charge in [0.2, 0.25) is 5.91 Å². The third kappa shape index (κ3) is 5.50. The number of methoxy groups -OCH3 is 2. The molecule has 1 aliphatic heterocycles. The summed E-state index contributed by atoms with van der Waals surface area (Å²) < 4.78 is 10.4. The lowest BCUT2D eigenvalue weighted by atomic mass is 10.2. The summed E-state index contributed by atoms with van der Waals surface area (Å²) in [7, 11) is 5.29. The summed E-state index contributed by atoms with van der Waals surface area (Å²) in [4.78, 5) is 16.5. The minimum atomic E-state index is -0.0781. The fraction of sp³-hybridized carbons (Fsp3) is 0.529. The third-order valence-corrected chi connectivity index (χ3v) is 4.06. The predicted octanol–water partition coefficient (Wildman–Crippen LogP) is 0.791.